The Morgan fingerprint density at radius 1 is 1.35 bits per heavy atom. The number of benzene rings is 1. The highest BCUT2D eigenvalue weighted by Crippen LogP contribution is 2.34. The van der Waals surface area contributed by atoms with Crippen LogP contribution in [-0.4, -0.2) is 12.6 Å². The second kappa shape index (κ2) is 6.64. The lowest BCUT2D eigenvalue weighted by molar-refractivity contribution is -0.144. The maximum atomic E-state index is 13.7. The van der Waals surface area contributed by atoms with Crippen LogP contribution >= 0.6 is 0 Å². The van der Waals surface area contributed by atoms with Crippen molar-refractivity contribution in [2.75, 3.05) is 6.61 Å². The molecule has 0 aliphatic heterocycles. The van der Waals surface area contributed by atoms with Crippen LogP contribution in [0.2, 0.25) is 0 Å². The van der Waals surface area contributed by atoms with Gasteiger partial charge in [0.1, 0.15) is 11.6 Å². The Kier molecular flexibility index (Phi) is 4.88. The standard InChI is InChI=1S/C16H18F2O2/c1-2-20-15(19)10-11-6-8-12(9-7-11)16-13(17)4-3-5-14(16)18/h3-5,8,11H,2,6-7,9-10H2,1H3. The molecule has 0 saturated carbocycles. The number of carbonyl (C=O) groups excluding carboxylic acids is 1. The van der Waals surface area contributed by atoms with Crippen LogP contribution in [-0.2, 0) is 9.53 Å². The summed E-state index contributed by atoms with van der Waals surface area (Å²) >= 11 is 0. The van der Waals surface area contributed by atoms with Gasteiger partial charge in [-0.25, -0.2) is 8.78 Å². The molecular formula is C16H18F2O2. The predicted molar refractivity (Wildman–Crippen MR) is 72.9 cm³/mol. The zero-order valence-electron chi connectivity index (χ0n) is 11.5. The van der Waals surface area contributed by atoms with Crippen molar-refractivity contribution in [3.05, 3.63) is 41.5 Å². The van der Waals surface area contributed by atoms with Crippen molar-refractivity contribution in [1.82, 2.24) is 0 Å². The quantitative estimate of drug-likeness (QED) is 0.776. The molecule has 0 spiro atoms. The number of carbonyl (C=O) groups is 1. The summed E-state index contributed by atoms with van der Waals surface area (Å²) in [5.74, 6) is -1.06. The van der Waals surface area contributed by atoms with Crippen molar-refractivity contribution < 1.29 is 18.3 Å². The summed E-state index contributed by atoms with van der Waals surface area (Å²) in [6.45, 7) is 2.16. The van der Waals surface area contributed by atoms with Gasteiger partial charge in [0.15, 0.2) is 0 Å². The molecule has 0 radical (unpaired) electrons. The third kappa shape index (κ3) is 3.44. The molecule has 0 heterocycles. The minimum absolute atomic E-state index is 0.0714. The van der Waals surface area contributed by atoms with Crippen LogP contribution in [0.4, 0.5) is 8.78 Å². The van der Waals surface area contributed by atoms with Gasteiger partial charge < -0.3 is 4.74 Å². The van der Waals surface area contributed by atoms with Crippen LogP contribution in [0.1, 0.15) is 38.2 Å². The fourth-order valence-corrected chi connectivity index (χ4v) is 2.56. The lowest BCUT2D eigenvalue weighted by Gasteiger charge is -2.21. The third-order valence-corrected chi connectivity index (χ3v) is 3.56. The fourth-order valence-electron chi connectivity index (χ4n) is 2.56. The van der Waals surface area contributed by atoms with E-state index in [-0.39, 0.29) is 17.5 Å². The first-order valence-electron chi connectivity index (χ1n) is 6.90. The molecule has 0 saturated heterocycles. The third-order valence-electron chi connectivity index (χ3n) is 3.56. The Hall–Kier alpha value is -1.71. The number of halogens is 2. The smallest absolute Gasteiger partial charge is 0.306 e. The van der Waals surface area contributed by atoms with Gasteiger partial charge in [-0.15, -0.1) is 0 Å². The van der Waals surface area contributed by atoms with Gasteiger partial charge in [0.2, 0.25) is 0 Å². The SMILES string of the molecule is CCOC(=O)CC1CC=C(c2c(F)cccc2F)CC1. The van der Waals surface area contributed by atoms with Gasteiger partial charge >= 0.3 is 5.97 Å². The number of esters is 1. The molecule has 4 heteroatoms. The van der Waals surface area contributed by atoms with Gasteiger partial charge in [-0.1, -0.05) is 12.1 Å². The first kappa shape index (κ1) is 14.7. The highest BCUT2D eigenvalue weighted by Gasteiger charge is 2.21. The van der Waals surface area contributed by atoms with E-state index >= 15 is 0 Å². The average Bonchev–Trinajstić information content (AvgIpc) is 2.40. The van der Waals surface area contributed by atoms with E-state index in [0.29, 0.717) is 31.4 Å². The van der Waals surface area contributed by atoms with Crippen molar-refractivity contribution in [3.8, 4) is 0 Å². The molecule has 2 rings (SSSR count). The van der Waals surface area contributed by atoms with Gasteiger partial charge in [-0.2, -0.15) is 0 Å². The van der Waals surface area contributed by atoms with E-state index in [9.17, 15) is 13.6 Å². The highest BCUT2D eigenvalue weighted by molar-refractivity contribution is 5.71. The second-order valence-electron chi connectivity index (χ2n) is 4.98. The molecule has 0 amide bonds. The van der Waals surface area contributed by atoms with E-state index in [4.69, 9.17) is 4.74 Å². The molecule has 1 aromatic carbocycles. The largest absolute Gasteiger partial charge is 0.466 e. The summed E-state index contributed by atoms with van der Waals surface area (Å²) in [6.07, 6.45) is 4.20. The molecule has 0 bridgehead atoms. The average molecular weight is 280 g/mol. The normalized spacial score (nSPS) is 18.6. The Morgan fingerprint density at radius 3 is 2.60 bits per heavy atom. The molecule has 108 valence electrons. The van der Waals surface area contributed by atoms with E-state index in [2.05, 4.69) is 0 Å². The topological polar surface area (TPSA) is 26.3 Å². The van der Waals surface area contributed by atoms with Crippen LogP contribution in [0.3, 0.4) is 0 Å². The van der Waals surface area contributed by atoms with Crippen molar-refractivity contribution in [2.45, 2.75) is 32.6 Å². The Bertz CT molecular complexity index is 503. The minimum Gasteiger partial charge on any atom is -0.466 e. The molecular weight excluding hydrogens is 262 g/mol. The molecule has 1 atom stereocenters. The number of allylic oxidation sites excluding steroid dienone is 2. The van der Waals surface area contributed by atoms with Gasteiger partial charge in [0, 0.05) is 12.0 Å². The highest BCUT2D eigenvalue weighted by atomic mass is 19.1. The van der Waals surface area contributed by atoms with E-state index in [0.717, 1.165) is 6.42 Å². The molecule has 1 aliphatic rings. The van der Waals surface area contributed by atoms with E-state index in [1.165, 1.54) is 18.2 Å². The maximum absolute atomic E-state index is 13.7. The predicted octanol–water partition coefficient (Wildman–Crippen LogP) is 4.10. The molecule has 0 fully saturated rings. The Labute approximate surface area is 117 Å². The zero-order valence-corrected chi connectivity index (χ0v) is 11.5. The Morgan fingerprint density at radius 2 is 2.05 bits per heavy atom. The fraction of sp³-hybridized carbons (Fsp3) is 0.438. The summed E-state index contributed by atoms with van der Waals surface area (Å²) in [6, 6.07) is 3.90. The van der Waals surface area contributed by atoms with Crippen molar-refractivity contribution in [1.29, 1.82) is 0 Å². The van der Waals surface area contributed by atoms with Gasteiger partial charge in [-0.05, 0) is 49.8 Å². The Balaban J connectivity index is 2.04. The van der Waals surface area contributed by atoms with E-state index in [1.54, 1.807) is 6.92 Å². The molecule has 0 aromatic heterocycles. The number of hydrogen-bond acceptors (Lipinski definition) is 2. The summed E-state index contributed by atoms with van der Waals surface area (Å²) in [4.78, 5) is 11.4. The molecule has 1 unspecified atom stereocenters. The van der Waals surface area contributed by atoms with Gasteiger partial charge in [-0.3, -0.25) is 4.79 Å². The first-order valence-corrected chi connectivity index (χ1v) is 6.90. The molecule has 1 aliphatic carbocycles. The first-order chi connectivity index (χ1) is 9.61. The number of ether oxygens (including phenoxy) is 1. The van der Waals surface area contributed by atoms with Crippen LogP contribution < -0.4 is 0 Å². The molecule has 1 aromatic rings. The van der Waals surface area contributed by atoms with Crippen molar-refractivity contribution >= 4 is 11.5 Å². The number of rotatable bonds is 4. The van der Waals surface area contributed by atoms with Gasteiger partial charge in [0.25, 0.3) is 0 Å². The number of hydrogen-bond donors (Lipinski definition) is 0. The zero-order chi connectivity index (χ0) is 14.5. The minimum atomic E-state index is -0.528. The van der Waals surface area contributed by atoms with Crippen LogP contribution in [0.25, 0.3) is 5.57 Å². The lowest BCUT2D eigenvalue weighted by Crippen LogP contribution is -2.14. The van der Waals surface area contributed by atoms with Gasteiger partial charge in [0.05, 0.1) is 6.61 Å². The lowest BCUT2D eigenvalue weighted by atomic mass is 9.84. The van der Waals surface area contributed by atoms with Crippen LogP contribution in [0, 0.1) is 17.6 Å². The maximum Gasteiger partial charge on any atom is 0.306 e. The second-order valence-corrected chi connectivity index (χ2v) is 4.98. The van der Waals surface area contributed by atoms with E-state index in [1.807, 2.05) is 6.08 Å². The molecule has 2 nitrogen and oxygen atoms in total. The van der Waals surface area contributed by atoms with Crippen molar-refractivity contribution in [3.63, 3.8) is 0 Å². The van der Waals surface area contributed by atoms with Crippen LogP contribution in [0.15, 0.2) is 24.3 Å². The summed E-state index contributed by atoms with van der Waals surface area (Å²) in [5.41, 5.74) is 0.766. The van der Waals surface area contributed by atoms with E-state index < -0.39 is 11.6 Å². The summed E-state index contributed by atoms with van der Waals surface area (Å²) in [7, 11) is 0. The van der Waals surface area contributed by atoms with Crippen molar-refractivity contribution in [2.24, 2.45) is 5.92 Å². The molecule has 0 N–H and O–H groups in total. The summed E-state index contributed by atoms with van der Waals surface area (Å²) < 4.78 is 32.3. The van der Waals surface area contributed by atoms with Crippen LogP contribution in [0.5, 0.6) is 0 Å². The monoisotopic (exact) mass is 280 g/mol. The summed E-state index contributed by atoms with van der Waals surface area (Å²) in [5, 5.41) is 0. The molecule has 20 heavy (non-hydrogen) atoms.